The van der Waals surface area contributed by atoms with Gasteiger partial charge in [0.15, 0.2) is 0 Å². The first-order valence-corrected chi connectivity index (χ1v) is 4.91. The molecule has 13 heavy (non-hydrogen) atoms. The molecule has 0 aliphatic carbocycles. The standard InChI is InChI=1S/C11H18N2/c1-4-9(2)13-10(3)11-7-5-6-8-12-11/h5-10,13H,4H2,1-3H3/t9-,10+/m1/s1. The number of aromatic nitrogens is 1. The van der Waals surface area contributed by atoms with Gasteiger partial charge in [-0.05, 0) is 32.4 Å². The molecule has 1 N–H and O–H groups in total. The molecule has 0 bridgehead atoms. The van der Waals surface area contributed by atoms with Gasteiger partial charge in [-0.15, -0.1) is 0 Å². The molecule has 0 spiro atoms. The molecule has 1 aromatic heterocycles. The van der Waals surface area contributed by atoms with Crippen LogP contribution in [-0.2, 0) is 0 Å². The van der Waals surface area contributed by atoms with Gasteiger partial charge in [0.05, 0.1) is 5.69 Å². The Morgan fingerprint density at radius 3 is 2.69 bits per heavy atom. The summed E-state index contributed by atoms with van der Waals surface area (Å²) in [6.07, 6.45) is 2.99. The normalized spacial score (nSPS) is 15.3. The maximum Gasteiger partial charge on any atom is 0.0570 e. The third-order valence-corrected chi connectivity index (χ3v) is 2.28. The molecule has 1 aromatic rings. The molecule has 1 heterocycles. The van der Waals surface area contributed by atoms with Crippen molar-refractivity contribution in [2.24, 2.45) is 0 Å². The lowest BCUT2D eigenvalue weighted by atomic mass is 10.1. The zero-order valence-corrected chi connectivity index (χ0v) is 8.62. The zero-order valence-electron chi connectivity index (χ0n) is 8.62. The van der Waals surface area contributed by atoms with Crippen molar-refractivity contribution in [1.29, 1.82) is 0 Å². The minimum Gasteiger partial charge on any atom is -0.306 e. The molecule has 0 radical (unpaired) electrons. The zero-order chi connectivity index (χ0) is 9.68. The molecule has 0 aromatic carbocycles. The number of pyridine rings is 1. The fourth-order valence-corrected chi connectivity index (χ4v) is 1.26. The highest BCUT2D eigenvalue weighted by Crippen LogP contribution is 2.09. The van der Waals surface area contributed by atoms with Gasteiger partial charge in [-0.1, -0.05) is 13.0 Å². The third kappa shape index (κ3) is 3.15. The molecule has 0 saturated heterocycles. The van der Waals surface area contributed by atoms with Crippen LogP contribution >= 0.6 is 0 Å². The molecule has 72 valence electrons. The molecule has 0 amide bonds. The molecule has 0 fully saturated rings. The van der Waals surface area contributed by atoms with Crippen LogP contribution in [0.15, 0.2) is 24.4 Å². The van der Waals surface area contributed by atoms with Crippen LogP contribution in [0.3, 0.4) is 0 Å². The molecule has 1 rings (SSSR count). The van der Waals surface area contributed by atoms with E-state index in [0.717, 1.165) is 12.1 Å². The lowest BCUT2D eigenvalue weighted by Gasteiger charge is -2.17. The summed E-state index contributed by atoms with van der Waals surface area (Å²) >= 11 is 0. The summed E-state index contributed by atoms with van der Waals surface area (Å²) in [5.74, 6) is 0. The molecule has 2 atom stereocenters. The van der Waals surface area contributed by atoms with Crippen molar-refractivity contribution in [3.05, 3.63) is 30.1 Å². The Hall–Kier alpha value is -0.890. The second kappa shape index (κ2) is 4.97. The summed E-state index contributed by atoms with van der Waals surface area (Å²) in [6.45, 7) is 6.52. The fraction of sp³-hybridized carbons (Fsp3) is 0.545. The predicted octanol–water partition coefficient (Wildman–Crippen LogP) is 2.53. The lowest BCUT2D eigenvalue weighted by Crippen LogP contribution is -2.28. The Bertz CT molecular complexity index is 233. The SMILES string of the molecule is CC[C@@H](C)N[C@@H](C)c1ccccn1. The quantitative estimate of drug-likeness (QED) is 0.766. The average molecular weight is 178 g/mol. The Labute approximate surface area is 80.4 Å². The van der Waals surface area contributed by atoms with Crippen LogP contribution in [0.4, 0.5) is 0 Å². The second-order valence-corrected chi connectivity index (χ2v) is 3.45. The smallest absolute Gasteiger partial charge is 0.0570 e. The van der Waals surface area contributed by atoms with Crippen molar-refractivity contribution < 1.29 is 0 Å². The average Bonchev–Trinajstić information content (AvgIpc) is 2.19. The van der Waals surface area contributed by atoms with Crippen molar-refractivity contribution >= 4 is 0 Å². The van der Waals surface area contributed by atoms with Gasteiger partial charge < -0.3 is 5.32 Å². The van der Waals surface area contributed by atoms with Gasteiger partial charge in [0.25, 0.3) is 0 Å². The summed E-state index contributed by atoms with van der Waals surface area (Å²) in [5.41, 5.74) is 1.11. The van der Waals surface area contributed by atoms with Crippen LogP contribution in [0, 0.1) is 0 Å². The Morgan fingerprint density at radius 2 is 2.15 bits per heavy atom. The number of nitrogens with one attached hydrogen (secondary N) is 1. The van der Waals surface area contributed by atoms with Crippen LogP contribution < -0.4 is 5.32 Å². The van der Waals surface area contributed by atoms with Crippen LogP contribution in [0.5, 0.6) is 0 Å². The van der Waals surface area contributed by atoms with E-state index in [0.29, 0.717) is 12.1 Å². The molecular weight excluding hydrogens is 160 g/mol. The second-order valence-electron chi connectivity index (χ2n) is 3.45. The van der Waals surface area contributed by atoms with Crippen molar-refractivity contribution in [3.63, 3.8) is 0 Å². The number of hydrogen-bond acceptors (Lipinski definition) is 2. The first-order valence-electron chi connectivity index (χ1n) is 4.91. The maximum absolute atomic E-state index is 4.30. The van der Waals surface area contributed by atoms with E-state index in [2.05, 4.69) is 37.1 Å². The van der Waals surface area contributed by atoms with Crippen molar-refractivity contribution in [2.75, 3.05) is 0 Å². The van der Waals surface area contributed by atoms with E-state index in [-0.39, 0.29) is 0 Å². The number of rotatable bonds is 4. The highest BCUT2D eigenvalue weighted by atomic mass is 15.0. The van der Waals surface area contributed by atoms with E-state index in [1.807, 2.05) is 18.3 Å². The van der Waals surface area contributed by atoms with Gasteiger partial charge in [0.2, 0.25) is 0 Å². The monoisotopic (exact) mass is 178 g/mol. The molecule has 0 aliphatic rings. The largest absolute Gasteiger partial charge is 0.306 e. The summed E-state index contributed by atoms with van der Waals surface area (Å²) in [7, 11) is 0. The van der Waals surface area contributed by atoms with E-state index in [1.165, 1.54) is 0 Å². The van der Waals surface area contributed by atoms with E-state index in [1.54, 1.807) is 0 Å². The fourth-order valence-electron chi connectivity index (χ4n) is 1.26. The van der Waals surface area contributed by atoms with Crippen molar-refractivity contribution in [3.8, 4) is 0 Å². The highest BCUT2D eigenvalue weighted by Gasteiger charge is 2.07. The highest BCUT2D eigenvalue weighted by molar-refractivity contribution is 5.07. The first-order chi connectivity index (χ1) is 6.24. The van der Waals surface area contributed by atoms with Crippen molar-refractivity contribution in [1.82, 2.24) is 10.3 Å². The van der Waals surface area contributed by atoms with Gasteiger partial charge in [-0.3, -0.25) is 4.98 Å². The molecule has 2 nitrogen and oxygen atoms in total. The van der Waals surface area contributed by atoms with E-state index in [4.69, 9.17) is 0 Å². The van der Waals surface area contributed by atoms with Crippen molar-refractivity contribution in [2.45, 2.75) is 39.3 Å². The van der Waals surface area contributed by atoms with Gasteiger partial charge in [0.1, 0.15) is 0 Å². The van der Waals surface area contributed by atoms with Gasteiger partial charge in [-0.2, -0.15) is 0 Å². The Morgan fingerprint density at radius 1 is 1.38 bits per heavy atom. The molecule has 0 saturated carbocycles. The molecule has 2 heteroatoms. The summed E-state index contributed by atoms with van der Waals surface area (Å²) < 4.78 is 0. The van der Waals surface area contributed by atoms with Gasteiger partial charge in [-0.25, -0.2) is 0 Å². The number of hydrogen-bond donors (Lipinski definition) is 1. The lowest BCUT2D eigenvalue weighted by molar-refractivity contribution is 0.462. The minimum absolute atomic E-state index is 0.344. The van der Waals surface area contributed by atoms with E-state index >= 15 is 0 Å². The number of nitrogens with zero attached hydrogens (tertiary/aromatic N) is 1. The molecular formula is C11H18N2. The summed E-state index contributed by atoms with van der Waals surface area (Å²) in [4.78, 5) is 4.30. The maximum atomic E-state index is 4.30. The first kappa shape index (κ1) is 10.2. The molecule has 0 aliphatic heterocycles. The van der Waals surface area contributed by atoms with Crippen LogP contribution in [0.1, 0.15) is 38.9 Å². The summed E-state index contributed by atoms with van der Waals surface area (Å²) in [6, 6.07) is 6.92. The van der Waals surface area contributed by atoms with E-state index in [9.17, 15) is 0 Å². The van der Waals surface area contributed by atoms with E-state index < -0.39 is 0 Å². The third-order valence-electron chi connectivity index (χ3n) is 2.28. The topological polar surface area (TPSA) is 24.9 Å². The van der Waals surface area contributed by atoms with Crippen LogP contribution in [0.2, 0.25) is 0 Å². The molecule has 0 unspecified atom stereocenters. The Kier molecular flexibility index (Phi) is 3.90. The summed E-state index contributed by atoms with van der Waals surface area (Å²) in [5, 5.41) is 3.48. The van der Waals surface area contributed by atoms with Gasteiger partial charge >= 0.3 is 0 Å². The van der Waals surface area contributed by atoms with Crippen LogP contribution in [0.25, 0.3) is 0 Å². The minimum atomic E-state index is 0.344. The Balaban J connectivity index is 2.53. The van der Waals surface area contributed by atoms with Gasteiger partial charge in [0, 0.05) is 18.3 Å². The predicted molar refractivity (Wildman–Crippen MR) is 55.5 cm³/mol. The van der Waals surface area contributed by atoms with Crippen LogP contribution in [-0.4, -0.2) is 11.0 Å².